The van der Waals surface area contributed by atoms with Gasteiger partial charge in [-0.05, 0) is 132 Å². The molecule has 25 nitrogen and oxygen atoms in total. The molecular formula is C74H118Cl2N12O13. The van der Waals surface area contributed by atoms with Crippen LogP contribution in [0.15, 0.2) is 12.2 Å². The normalized spacial score (nSPS) is 33.0. The van der Waals surface area contributed by atoms with Gasteiger partial charge in [-0.15, -0.1) is 23.2 Å². The van der Waals surface area contributed by atoms with Gasteiger partial charge >= 0.3 is 0 Å². The first-order valence-electron chi connectivity index (χ1n) is 37.7. The molecule has 5 aliphatic carbocycles. The van der Waals surface area contributed by atoms with E-state index in [9.17, 15) is 28.8 Å². The topological polar surface area (TPSA) is 279 Å². The number of nitrogens with zero attached hydrogens (tertiary/aromatic N) is 9. The molecule has 101 heavy (non-hydrogen) atoms. The highest BCUT2D eigenvalue weighted by Crippen LogP contribution is 2.41. The minimum absolute atomic E-state index is 0.0163. The summed E-state index contributed by atoms with van der Waals surface area (Å²) in [6.45, 7) is 7.06. The van der Waals surface area contributed by atoms with E-state index >= 15 is 28.8 Å². The highest BCUT2D eigenvalue weighted by molar-refractivity contribution is 6.30. The molecule has 1 spiro atoms. The van der Waals surface area contributed by atoms with Crippen LogP contribution in [0.2, 0.25) is 0 Å². The van der Waals surface area contributed by atoms with Gasteiger partial charge in [0.05, 0.1) is 31.0 Å². The van der Waals surface area contributed by atoms with Gasteiger partial charge in [-0.1, -0.05) is 90.7 Å². The van der Waals surface area contributed by atoms with Crippen molar-refractivity contribution in [1.29, 1.82) is 0 Å². The summed E-state index contributed by atoms with van der Waals surface area (Å²) in [5, 5.41) is 8.53. The highest BCUT2D eigenvalue weighted by Gasteiger charge is 2.54. The predicted molar refractivity (Wildman–Crippen MR) is 383 cm³/mol. The Labute approximate surface area is 609 Å². The molecule has 8 aliphatic rings. The van der Waals surface area contributed by atoms with Gasteiger partial charge in [-0.2, -0.15) is 0 Å². The van der Waals surface area contributed by atoms with Crippen LogP contribution in [-0.4, -0.2) is 275 Å². The molecule has 3 aliphatic heterocycles. The Morgan fingerprint density at radius 1 is 0.634 bits per heavy atom. The van der Waals surface area contributed by atoms with Crippen LogP contribution in [0.3, 0.4) is 0 Å². The average Bonchev–Trinajstić information content (AvgIpc) is 1.71. The number of carbonyl (C=O) groups excluding carboxylic acids is 12. The summed E-state index contributed by atoms with van der Waals surface area (Å²) >= 11 is 13.3. The van der Waals surface area contributed by atoms with Crippen molar-refractivity contribution in [3.05, 3.63) is 12.2 Å². The third kappa shape index (κ3) is 19.9. The number of likely N-dealkylation sites (N-methyl/N-ethyl adjacent to an activating group) is 7. The van der Waals surface area contributed by atoms with Crippen molar-refractivity contribution in [2.45, 2.75) is 259 Å². The van der Waals surface area contributed by atoms with E-state index in [0.717, 1.165) is 57.8 Å². The molecule has 3 heterocycles. The number of ether oxygens (including phenoxy) is 1. The Bertz CT molecular complexity index is 3010. The quantitative estimate of drug-likeness (QED) is 0.156. The monoisotopic (exact) mass is 1450 g/mol. The van der Waals surface area contributed by atoms with Crippen molar-refractivity contribution < 1.29 is 62.3 Å². The molecule has 3 unspecified atom stereocenters. The van der Waals surface area contributed by atoms with Crippen LogP contribution in [0.5, 0.6) is 0 Å². The molecular weight excluding hydrogens is 1340 g/mol. The fraction of sp³-hybridized carbons (Fsp3) is 0.811. The van der Waals surface area contributed by atoms with Crippen molar-refractivity contribution in [2.75, 3.05) is 89.2 Å². The lowest BCUT2D eigenvalue weighted by Gasteiger charge is -2.46. The Balaban J connectivity index is 1.18. The van der Waals surface area contributed by atoms with Crippen LogP contribution in [0, 0.1) is 35.5 Å². The standard InChI is InChI=1S/C74H118Cl2N12O13/c1-13-46(4)63-71(98)82(8)44-62(91)83(9)55-23-16-15-19-36-87(70(55)97)59(39-48-26-24-45(3)25-27-48)69(96)81(7)43-60(89)77-54(33-31-47-30-32-52(75)53(76)37-47)67(94)88-42-51(101-14-2)40-57(88)66(93)79-74(34-20-35-74)73(100)86(12)64(50-21-17-18-22-50)72(99)85(11)58(68(95)80(5)6)41-61(90)84(10)56(65(92)78-63)38-49-28-29-49/h15-16,45-59,63-64H,13-14,17-44H2,1-12H3,(H,77,89)(H,78,92)(H,79,93)/b16-15-/t45?,46-,47?,48?,51+,52?,53?,54-,55-,56-,57-,58-,59-,63-,64-/m0/s1. The first kappa shape index (κ1) is 80.6. The number of halogens is 2. The Kier molecular flexibility index (Phi) is 28.8. The number of hydrogen-bond acceptors (Lipinski definition) is 13. The Morgan fingerprint density at radius 3 is 1.87 bits per heavy atom. The summed E-state index contributed by atoms with van der Waals surface area (Å²) < 4.78 is 6.15. The Hall–Kier alpha value is -6.08. The summed E-state index contributed by atoms with van der Waals surface area (Å²) in [5.74, 6) is -7.05. The summed E-state index contributed by atoms with van der Waals surface area (Å²) in [5.41, 5.74) is -1.50. The SMILES string of the molecule is CCO[C@@H]1C[C@H]2C(=O)NC3(CCC3)C(=O)N(C)[C@@H](C3CCCC3)C(=O)N(C)[C@H](C(=O)N(C)C)CC(=O)N(C)[C@@H](CC3CC3)C(=O)N[C@@H]([C@@H](C)CC)C(=O)N(C)CC(=O)N(C)[C@H]3C/C=C\CCN(C3=O)[C@@H](CC3CCC(C)CC3)C(=O)N(C)CC(=O)N[C@@H](CCC3CCC(Cl)C(Cl)C3)C(=O)N2C1. The maximum atomic E-state index is 15.6. The number of rotatable bonds is 13. The molecule has 0 radical (unpaired) electrons. The molecule has 8 rings (SSSR count). The van der Waals surface area contributed by atoms with Gasteiger partial charge in [0.15, 0.2) is 0 Å². The first-order chi connectivity index (χ1) is 47.9. The van der Waals surface area contributed by atoms with E-state index in [0.29, 0.717) is 63.7 Å². The van der Waals surface area contributed by atoms with Crippen molar-refractivity contribution in [2.24, 2.45) is 35.5 Å². The van der Waals surface area contributed by atoms with Crippen LogP contribution in [-0.2, 0) is 62.3 Å². The second-order valence-electron chi connectivity index (χ2n) is 31.3. The zero-order valence-corrected chi connectivity index (χ0v) is 63.8. The molecule has 13 atom stereocenters. The van der Waals surface area contributed by atoms with Gasteiger partial charge in [0.1, 0.15) is 53.9 Å². The molecule has 27 heteroatoms. The molecule has 2 saturated heterocycles. The number of alkyl halides is 2. The molecule has 566 valence electrons. The maximum Gasteiger partial charge on any atom is 0.248 e. The van der Waals surface area contributed by atoms with Crippen LogP contribution in [0.25, 0.3) is 0 Å². The maximum absolute atomic E-state index is 15.6. The number of carbonyl (C=O) groups is 12. The lowest BCUT2D eigenvalue weighted by molar-refractivity contribution is -0.158. The number of amides is 12. The molecule has 5 saturated carbocycles. The van der Waals surface area contributed by atoms with Crippen LogP contribution in [0.4, 0.5) is 0 Å². The molecule has 3 N–H and O–H groups in total. The first-order valence-corrected chi connectivity index (χ1v) is 38.6. The molecule has 0 aromatic rings. The summed E-state index contributed by atoms with van der Waals surface area (Å²) in [4.78, 5) is 193. The van der Waals surface area contributed by atoms with E-state index in [4.69, 9.17) is 27.9 Å². The summed E-state index contributed by atoms with van der Waals surface area (Å²) in [6.07, 6.45) is 15.6. The number of fused-ring (bicyclic) bond motifs is 3. The molecule has 7 fully saturated rings. The van der Waals surface area contributed by atoms with E-state index in [1.54, 1.807) is 11.8 Å². The smallest absolute Gasteiger partial charge is 0.248 e. The molecule has 12 amide bonds. The second kappa shape index (κ2) is 36.1. The second-order valence-corrected chi connectivity index (χ2v) is 32.5. The minimum atomic E-state index is -1.50. The van der Waals surface area contributed by atoms with E-state index < -0.39 is 156 Å². The van der Waals surface area contributed by atoms with E-state index in [1.807, 2.05) is 26.0 Å². The van der Waals surface area contributed by atoms with E-state index in [1.165, 1.54) is 95.6 Å². The molecule has 2 bridgehead atoms. The van der Waals surface area contributed by atoms with Gasteiger partial charge in [-0.25, -0.2) is 0 Å². The van der Waals surface area contributed by atoms with Crippen LogP contribution < -0.4 is 16.0 Å². The fourth-order valence-corrected chi connectivity index (χ4v) is 17.2. The Morgan fingerprint density at radius 2 is 1.27 bits per heavy atom. The van der Waals surface area contributed by atoms with Crippen molar-refractivity contribution >= 4 is 94.1 Å². The summed E-state index contributed by atoms with van der Waals surface area (Å²) in [6, 6.07) is -9.35. The van der Waals surface area contributed by atoms with Crippen LogP contribution >= 0.6 is 23.2 Å². The van der Waals surface area contributed by atoms with Crippen molar-refractivity contribution in [3.8, 4) is 0 Å². The van der Waals surface area contributed by atoms with Gasteiger partial charge in [-0.3, -0.25) is 57.5 Å². The van der Waals surface area contributed by atoms with E-state index in [-0.39, 0.29) is 92.6 Å². The van der Waals surface area contributed by atoms with Crippen molar-refractivity contribution in [1.82, 2.24) is 60.0 Å². The van der Waals surface area contributed by atoms with Crippen molar-refractivity contribution in [3.63, 3.8) is 0 Å². The zero-order chi connectivity index (χ0) is 73.9. The van der Waals surface area contributed by atoms with Gasteiger partial charge < -0.3 is 64.8 Å². The summed E-state index contributed by atoms with van der Waals surface area (Å²) in [7, 11) is 11.9. The largest absolute Gasteiger partial charge is 0.377 e. The fourth-order valence-electron chi connectivity index (χ4n) is 16.6. The highest BCUT2D eigenvalue weighted by atomic mass is 35.5. The van der Waals surface area contributed by atoms with Gasteiger partial charge in [0.2, 0.25) is 70.9 Å². The zero-order valence-electron chi connectivity index (χ0n) is 62.3. The lowest BCUT2D eigenvalue weighted by Crippen LogP contribution is -2.68. The molecule has 0 aromatic carbocycles. The van der Waals surface area contributed by atoms with Gasteiger partial charge in [0.25, 0.3) is 0 Å². The minimum Gasteiger partial charge on any atom is -0.377 e. The van der Waals surface area contributed by atoms with Gasteiger partial charge in [0, 0.05) is 87.9 Å². The lowest BCUT2D eigenvalue weighted by atomic mass is 9.74. The third-order valence-electron chi connectivity index (χ3n) is 23.8. The molecule has 0 aromatic heterocycles. The number of nitrogens with one attached hydrogen (secondary N) is 3. The predicted octanol–water partition coefficient (Wildman–Crippen LogP) is 5.31. The average molecular weight is 1450 g/mol. The third-order valence-corrected chi connectivity index (χ3v) is 25.0. The number of hydrogen-bond donors (Lipinski definition) is 3. The van der Waals surface area contributed by atoms with Crippen LogP contribution in [0.1, 0.15) is 188 Å². The van der Waals surface area contributed by atoms with E-state index in [2.05, 4.69) is 22.9 Å².